The number of anilines is 1. The Morgan fingerprint density at radius 2 is 1.96 bits per heavy atom. The van der Waals surface area contributed by atoms with Crippen LogP contribution in [0.4, 0.5) is 5.69 Å². The summed E-state index contributed by atoms with van der Waals surface area (Å²) < 4.78 is 0. The number of likely N-dealkylation sites (tertiary alicyclic amines) is 1. The molecule has 0 N–H and O–H groups in total. The van der Waals surface area contributed by atoms with E-state index in [0.717, 1.165) is 42.7 Å². The summed E-state index contributed by atoms with van der Waals surface area (Å²) in [5.41, 5.74) is 3.60. The first-order valence-corrected chi connectivity index (χ1v) is 10.2. The van der Waals surface area contributed by atoms with E-state index in [2.05, 4.69) is 11.1 Å². The van der Waals surface area contributed by atoms with Crippen LogP contribution in [0.5, 0.6) is 0 Å². The Hall–Kier alpha value is -2.40. The monoisotopic (exact) mass is 397 g/mol. The molecule has 0 unspecified atom stereocenters. The highest BCUT2D eigenvalue weighted by Gasteiger charge is 2.35. The van der Waals surface area contributed by atoms with E-state index in [-0.39, 0.29) is 17.9 Å². The highest BCUT2D eigenvalue weighted by atomic mass is 35.5. The molecule has 2 aliphatic heterocycles. The number of aromatic nitrogens is 1. The maximum atomic E-state index is 13.0. The van der Waals surface area contributed by atoms with Gasteiger partial charge in [-0.05, 0) is 61.1 Å². The van der Waals surface area contributed by atoms with E-state index in [0.29, 0.717) is 22.9 Å². The zero-order valence-corrected chi connectivity index (χ0v) is 16.9. The molecule has 4 rings (SSSR count). The molecule has 1 saturated heterocycles. The first-order valence-electron chi connectivity index (χ1n) is 9.85. The Labute approximate surface area is 170 Å². The predicted octanol–water partition coefficient (Wildman–Crippen LogP) is 4.57. The first-order chi connectivity index (χ1) is 13.5. The normalized spacial score (nSPS) is 19.8. The SMILES string of the molecule is CCC(=O)N1CCC(c2cncc(N3C(=O)c4ccc(Cl)cc4[C@H]3C)c2)CC1. The summed E-state index contributed by atoms with van der Waals surface area (Å²) in [4.78, 5) is 33.0. The number of fused-ring (bicyclic) bond motifs is 1. The van der Waals surface area contributed by atoms with Gasteiger partial charge in [0.05, 0.1) is 17.9 Å². The molecule has 2 amide bonds. The van der Waals surface area contributed by atoms with Crippen molar-refractivity contribution in [1.29, 1.82) is 0 Å². The zero-order chi connectivity index (χ0) is 19.8. The molecule has 2 aromatic rings. The molecule has 0 radical (unpaired) electrons. The van der Waals surface area contributed by atoms with Gasteiger partial charge in [0.2, 0.25) is 5.91 Å². The fourth-order valence-corrected chi connectivity index (χ4v) is 4.53. The van der Waals surface area contributed by atoms with Gasteiger partial charge in [-0.1, -0.05) is 18.5 Å². The summed E-state index contributed by atoms with van der Waals surface area (Å²) in [6, 6.07) is 7.43. The zero-order valence-electron chi connectivity index (χ0n) is 16.2. The maximum Gasteiger partial charge on any atom is 0.259 e. The second-order valence-electron chi connectivity index (χ2n) is 7.57. The van der Waals surface area contributed by atoms with Gasteiger partial charge in [0.25, 0.3) is 5.91 Å². The fourth-order valence-electron chi connectivity index (χ4n) is 4.35. The third-order valence-corrected chi connectivity index (χ3v) is 6.18. The van der Waals surface area contributed by atoms with Gasteiger partial charge in [-0.25, -0.2) is 0 Å². The summed E-state index contributed by atoms with van der Waals surface area (Å²) in [5, 5.41) is 0.639. The molecule has 1 aromatic carbocycles. The van der Waals surface area contributed by atoms with Crippen molar-refractivity contribution in [2.45, 2.75) is 45.1 Å². The van der Waals surface area contributed by atoms with Crippen molar-refractivity contribution in [3.8, 4) is 0 Å². The highest BCUT2D eigenvalue weighted by molar-refractivity contribution is 6.31. The summed E-state index contributed by atoms with van der Waals surface area (Å²) in [6.45, 7) is 5.48. The number of pyridine rings is 1. The van der Waals surface area contributed by atoms with Gasteiger partial charge in [-0.15, -0.1) is 0 Å². The Kier molecular flexibility index (Phi) is 5.11. The third kappa shape index (κ3) is 3.28. The van der Waals surface area contributed by atoms with E-state index in [4.69, 9.17) is 11.6 Å². The number of halogens is 1. The van der Waals surface area contributed by atoms with Gasteiger partial charge in [-0.3, -0.25) is 19.5 Å². The number of carbonyl (C=O) groups is 2. The number of hydrogen-bond acceptors (Lipinski definition) is 3. The lowest BCUT2D eigenvalue weighted by atomic mass is 9.90. The molecule has 1 aromatic heterocycles. The number of piperidine rings is 1. The summed E-state index contributed by atoms with van der Waals surface area (Å²) in [7, 11) is 0. The van der Waals surface area contributed by atoms with Gasteiger partial charge in [0.15, 0.2) is 0 Å². The van der Waals surface area contributed by atoms with Crippen molar-refractivity contribution >= 4 is 29.1 Å². The van der Waals surface area contributed by atoms with Gasteiger partial charge >= 0.3 is 0 Å². The Morgan fingerprint density at radius 3 is 2.68 bits per heavy atom. The van der Waals surface area contributed by atoms with Crippen LogP contribution in [0.2, 0.25) is 5.02 Å². The second kappa shape index (κ2) is 7.55. The minimum Gasteiger partial charge on any atom is -0.343 e. The molecule has 1 atom stereocenters. The van der Waals surface area contributed by atoms with Crippen LogP contribution < -0.4 is 4.90 Å². The van der Waals surface area contributed by atoms with Crippen molar-refractivity contribution in [3.05, 3.63) is 58.4 Å². The van der Waals surface area contributed by atoms with Crippen LogP contribution in [0, 0.1) is 0 Å². The maximum absolute atomic E-state index is 13.0. The number of nitrogens with zero attached hydrogens (tertiary/aromatic N) is 3. The topological polar surface area (TPSA) is 53.5 Å². The van der Waals surface area contributed by atoms with Crippen LogP contribution >= 0.6 is 11.6 Å². The lowest BCUT2D eigenvalue weighted by Crippen LogP contribution is -2.37. The molecule has 6 heteroatoms. The Morgan fingerprint density at radius 1 is 1.21 bits per heavy atom. The second-order valence-corrected chi connectivity index (χ2v) is 8.00. The number of benzene rings is 1. The lowest BCUT2D eigenvalue weighted by molar-refractivity contribution is -0.131. The van der Waals surface area contributed by atoms with Crippen LogP contribution in [0.3, 0.4) is 0 Å². The van der Waals surface area contributed by atoms with Crippen molar-refractivity contribution in [1.82, 2.24) is 9.88 Å². The van der Waals surface area contributed by atoms with E-state index in [9.17, 15) is 9.59 Å². The van der Waals surface area contributed by atoms with Crippen molar-refractivity contribution in [2.75, 3.05) is 18.0 Å². The van der Waals surface area contributed by atoms with Gasteiger partial charge < -0.3 is 4.90 Å². The molecule has 0 aliphatic carbocycles. The van der Waals surface area contributed by atoms with E-state index >= 15 is 0 Å². The largest absolute Gasteiger partial charge is 0.343 e. The molecule has 0 bridgehead atoms. The minimum atomic E-state index is -0.0812. The van der Waals surface area contributed by atoms with E-state index < -0.39 is 0 Å². The van der Waals surface area contributed by atoms with E-state index in [1.807, 2.05) is 31.0 Å². The molecule has 5 nitrogen and oxygen atoms in total. The average molecular weight is 398 g/mol. The number of rotatable bonds is 3. The van der Waals surface area contributed by atoms with Crippen LogP contribution in [-0.2, 0) is 4.79 Å². The van der Waals surface area contributed by atoms with Crippen molar-refractivity contribution in [3.63, 3.8) is 0 Å². The van der Waals surface area contributed by atoms with Crippen LogP contribution in [-0.4, -0.2) is 34.8 Å². The molecule has 0 saturated carbocycles. The quantitative estimate of drug-likeness (QED) is 0.762. The standard InChI is InChI=1S/C22H24ClN3O2/c1-3-21(27)25-8-6-15(7-9-25)16-10-18(13-24-12-16)26-14(2)20-11-17(23)4-5-19(20)22(26)28/h4-5,10-15H,3,6-9H2,1-2H3/t14-/m1/s1. The van der Waals surface area contributed by atoms with Crippen LogP contribution in [0.25, 0.3) is 0 Å². The molecule has 3 heterocycles. The first kappa shape index (κ1) is 18.9. The van der Waals surface area contributed by atoms with Crippen molar-refractivity contribution in [2.24, 2.45) is 0 Å². The lowest BCUT2D eigenvalue weighted by Gasteiger charge is -2.32. The molecular weight excluding hydrogens is 374 g/mol. The smallest absolute Gasteiger partial charge is 0.259 e. The predicted molar refractivity (Wildman–Crippen MR) is 110 cm³/mol. The molecule has 2 aliphatic rings. The van der Waals surface area contributed by atoms with E-state index in [1.54, 1.807) is 23.2 Å². The summed E-state index contributed by atoms with van der Waals surface area (Å²) >= 11 is 6.13. The number of hydrogen-bond donors (Lipinski definition) is 0. The average Bonchev–Trinajstić information content (AvgIpc) is 2.97. The minimum absolute atomic E-state index is 0.0125. The molecule has 28 heavy (non-hydrogen) atoms. The third-order valence-electron chi connectivity index (χ3n) is 5.94. The van der Waals surface area contributed by atoms with Gasteiger partial charge in [0.1, 0.15) is 0 Å². The van der Waals surface area contributed by atoms with Crippen LogP contribution in [0.15, 0.2) is 36.7 Å². The molecule has 0 spiro atoms. The van der Waals surface area contributed by atoms with Crippen molar-refractivity contribution < 1.29 is 9.59 Å². The van der Waals surface area contributed by atoms with Gasteiger partial charge in [0, 0.05) is 36.3 Å². The Bertz CT molecular complexity index is 922. The molecule has 1 fully saturated rings. The Balaban J connectivity index is 1.55. The summed E-state index contributed by atoms with van der Waals surface area (Å²) in [6.07, 6.45) is 6.05. The number of carbonyl (C=O) groups excluding carboxylic acids is 2. The van der Waals surface area contributed by atoms with Gasteiger partial charge in [-0.2, -0.15) is 0 Å². The fraction of sp³-hybridized carbons (Fsp3) is 0.409. The highest BCUT2D eigenvalue weighted by Crippen LogP contribution is 2.39. The number of amides is 2. The van der Waals surface area contributed by atoms with E-state index in [1.165, 1.54) is 0 Å². The van der Waals surface area contributed by atoms with Crippen LogP contribution in [0.1, 0.15) is 66.6 Å². The molecule has 146 valence electrons. The molecular formula is C22H24ClN3O2. The summed E-state index contributed by atoms with van der Waals surface area (Å²) in [5.74, 6) is 0.568.